The van der Waals surface area contributed by atoms with Crippen LogP contribution in [-0.4, -0.2) is 71.2 Å². The van der Waals surface area contributed by atoms with E-state index in [0.717, 1.165) is 129 Å². The lowest BCUT2D eigenvalue weighted by Crippen LogP contribution is -2.50. The third-order valence-electron chi connectivity index (χ3n) is 19.6. The first-order chi connectivity index (χ1) is 36.0. The molecule has 0 amide bonds. The summed E-state index contributed by atoms with van der Waals surface area (Å²) < 4.78 is 13.3. The number of carbonyl (C=O) groups is 1. The molecule has 7 N–H and O–H groups in total. The van der Waals surface area contributed by atoms with Gasteiger partial charge >= 0.3 is 0 Å². The molecular formula is C64H81N3O7. The molecule has 0 radical (unpaired) electrons. The number of guanidine groups is 1. The second-order valence-corrected chi connectivity index (χ2v) is 24.2. The standard InChI is InChI=1S/C64H81N3O7/c1-4-49-44(34-68)28-41-19-18-40(32-57(71)59(41)55(49)35-69)52-33-58(74-48-15-6-7-16-48)62(72)61-50(52)17-11-14-46-29-43-31-53-51(22-37(2)23-54(53)60(61)56(43)36-73-3)42-25-39(27-47(70)30-42)24-38-12-10-13-45(26-38)64(67-63(65)66-46)20-8-5-9-21-64/h10,12-13,25-27,30-31,33,37,40-41,43-44,46,48-49,51,54,56,60,68-70,72H,4-9,14-16,18-24,28-29,32,34-36H2,1-3H3,(H3,65,66,67). The smallest absolute Gasteiger partial charge is 0.189 e. The van der Waals surface area contributed by atoms with Gasteiger partial charge in [0, 0.05) is 49.5 Å². The van der Waals surface area contributed by atoms with Gasteiger partial charge in [0.15, 0.2) is 23.2 Å². The van der Waals surface area contributed by atoms with E-state index in [0.29, 0.717) is 43.5 Å². The van der Waals surface area contributed by atoms with Crippen molar-refractivity contribution < 1.29 is 34.7 Å². The predicted molar refractivity (Wildman–Crippen MR) is 290 cm³/mol. The Bertz CT molecular complexity index is 2750. The van der Waals surface area contributed by atoms with Crippen molar-refractivity contribution >= 4 is 11.7 Å². The van der Waals surface area contributed by atoms with Crippen molar-refractivity contribution in [2.75, 3.05) is 26.9 Å². The summed E-state index contributed by atoms with van der Waals surface area (Å²) in [5.41, 5.74) is 16.9. The molecule has 4 fully saturated rings. The molecule has 1 aliphatic heterocycles. The number of nitrogens with one attached hydrogen (secondary N) is 1. The van der Waals surface area contributed by atoms with Crippen molar-refractivity contribution in [2.24, 2.45) is 52.2 Å². The number of aliphatic imine (C=N–C) groups is 1. The number of aliphatic hydroxyl groups excluding tert-OH is 2. The molecule has 4 saturated carbocycles. The van der Waals surface area contributed by atoms with Crippen LogP contribution in [0.25, 0.3) is 0 Å². The van der Waals surface area contributed by atoms with Gasteiger partial charge in [0.05, 0.1) is 30.9 Å². The molecule has 0 aromatic heterocycles. The van der Waals surface area contributed by atoms with Crippen molar-refractivity contribution in [2.45, 2.75) is 171 Å². The Hall–Kier alpha value is -5.08. The maximum absolute atomic E-state index is 15.0. The number of hydrogen-bond donors (Lipinski definition) is 6. The van der Waals surface area contributed by atoms with Crippen LogP contribution in [0.5, 0.6) is 17.2 Å². The third kappa shape index (κ3) is 9.73. The van der Waals surface area contributed by atoms with Gasteiger partial charge in [-0.2, -0.15) is 0 Å². The normalized spacial score (nSPS) is 31.7. The van der Waals surface area contributed by atoms with Gasteiger partial charge in [0.25, 0.3) is 0 Å². The summed E-state index contributed by atoms with van der Waals surface area (Å²) in [4.78, 5) is 20.5. The van der Waals surface area contributed by atoms with Crippen molar-refractivity contribution in [1.82, 2.24) is 5.32 Å². The number of phenols is 2. The summed E-state index contributed by atoms with van der Waals surface area (Å²) in [5, 5.41) is 50.3. The van der Waals surface area contributed by atoms with Crippen LogP contribution in [0.2, 0.25) is 0 Å². The van der Waals surface area contributed by atoms with Crippen LogP contribution in [0.1, 0.15) is 186 Å². The quantitative estimate of drug-likeness (QED) is 0.0951. The maximum atomic E-state index is 15.0. The van der Waals surface area contributed by atoms with Crippen LogP contribution >= 0.6 is 0 Å². The molecule has 11 unspecified atom stereocenters. The Kier molecular flexibility index (Phi) is 14.8. The number of aromatic hydroxyl groups is 2. The Morgan fingerprint density at radius 2 is 1.73 bits per heavy atom. The summed E-state index contributed by atoms with van der Waals surface area (Å²) in [6.07, 6.45) is 18.6. The van der Waals surface area contributed by atoms with Crippen LogP contribution in [0.3, 0.4) is 0 Å². The molecule has 8 aliphatic rings. The molecule has 11 rings (SSSR count). The molecule has 0 saturated heterocycles. The number of carbonyl (C=O) groups excluding carboxylic acids is 1. The molecule has 10 nitrogen and oxygen atoms in total. The van der Waals surface area contributed by atoms with E-state index in [-0.39, 0.29) is 108 Å². The lowest BCUT2D eigenvalue weighted by molar-refractivity contribution is -0.116. The Morgan fingerprint density at radius 1 is 0.919 bits per heavy atom. The number of benzene rings is 3. The van der Waals surface area contributed by atoms with Crippen molar-refractivity contribution in [3.63, 3.8) is 0 Å². The minimum atomic E-state index is -0.377. The number of ether oxygens (including phenoxy) is 2. The lowest BCUT2D eigenvalue weighted by atomic mass is 9.55. The molecule has 10 heteroatoms. The number of nitrogens with zero attached hydrogens (tertiary/aromatic N) is 1. The van der Waals surface area contributed by atoms with Gasteiger partial charge in [0.1, 0.15) is 5.75 Å². The highest BCUT2D eigenvalue weighted by Crippen LogP contribution is 2.60. The van der Waals surface area contributed by atoms with Gasteiger partial charge < -0.3 is 41.0 Å². The number of phenolic OH excluding ortho intramolecular Hbond substituents is 2. The summed E-state index contributed by atoms with van der Waals surface area (Å²) >= 11 is 0. The zero-order chi connectivity index (χ0) is 51.3. The largest absolute Gasteiger partial charge is 0.508 e. The number of methoxy groups -OCH3 is 1. The minimum absolute atomic E-state index is 0.00214. The number of rotatable bonds is 8. The fourth-order valence-corrected chi connectivity index (χ4v) is 16.4. The fourth-order valence-electron chi connectivity index (χ4n) is 16.4. The van der Waals surface area contributed by atoms with Crippen LogP contribution in [0.4, 0.5) is 0 Å². The SMILES string of the molecule is CCC1C(CO)=C2C(=O)CC(c3cc(OC4CCCC4)c(O)c4c3C#CCC3CC5C=C6C(CC(C)CC6C4C5COC)c4cc(O)cc(c4)Cc4cccc(c4)C4(CCCCC4)NC(N)=N3)CCC2CC1CO. The van der Waals surface area contributed by atoms with Crippen LogP contribution in [0.15, 0.2) is 76.3 Å². The highest BCUT2D eigenvalue weighted by atomic mass is 16.5. The predicted octanol–water partition coefficient (Wildman–Crippen LogP) is 11.1. The fraction of sp³-hybridized carbons (Fsp3) is 0.594. The molecule has 1 spiro atoms. The van der Waals surface area contributed by atoms with Gasteiger partial charge in [0.2, 0.25) is 0 Å². The van der Waals surface area contributed by atoms with Gasteiger partial charge in [-0.1, -0.05) is 86.9 Å². The minimum Gasteiger partial charge on any atom is -0.508 e. The number of nitrogens with two attached hydrogens (primary N) is 1. The van der Waals surface area contributed by atoms with E-state index in [2.05, 4.69) is 67.4 Å². The second kappa shape index (κ2) is 21.5. The molecule has 3 aromatic rings. The van der Waals surface area contributed by atoms with Gasteiger partial charge in [-0.05, 0) is 194 Å². The number of fused-ring (bicyclic) bond motifs is 12. The number of allylic oxidation sites excluding steroid dienone is 3. The molecule has 7 aliphatic carbocycles. The monoisotopic (exact) mass is 1000 g/mol. The lowest BCUT2D eigenvalue weighted by Gasteiger charge is -2.50. The van der Waals surface area contributed by atoms with E-state index >= 15 is 4.79 Å². The van der Waals surface area contributed by atoms with E-state index in [1.165, 1.54) is 23.1 Å². The number of Topliss-reactive ketones (excluding diaryl/α,β-unsaturated/α-hetero) is 1. The van der Waals surface area contributed by atoms with E-state index in [1.54, 1.807) is 7.11 Å². The van der Waals surface area contributed by atoms with Gasteiger partial charge in [-0.25, -0.2) is 4.99 Å². The zero-order valence-corrected chi connectivity index (χ0v) is 44.2. The Balaban J connectivity index is 1.13. The van der Waals surface area contributed by atoms with Crippen molar-refractivity contribution in [3.8, 4) is 29.1 Å². The topological polar surface area (TPSA) is 167 Å². The number of ketones is 1. The van der Waals surface area contributed by atoms with E-state index in [9.17, 15) is 20.4 Å². The van der Waals surface area contributed by atoms with Crippen LogP contribution < -0.4 is 15.8 Å². The van der Waals surface area contributed by atoms with Crippen molar-refractivity contribution in [3.05, 3.63) is 110 Å². The molecule has 394 valence electrons. The van der Waals surface area contributed by atoms with E-state index in [1.807, 2.05) is 18.2 Å². The molecule has 74 heavy (non-hydrogen) atoms. The Morgan fingerprint density at radius 3 is 2.50 bits per heavy atom. The highest BCUT2D eigenvalue weighted by molar-refractivity contribution is 5.98. The summed E-state index contributed by atoms with van der Waals surface area (Å²) in [6, 6.07) is 17.0. The Labute approximate surface area is 439 Å². The number of aliphatic hydroxyl groups is 2. The average Bonchev–Trinajstić information content (AvgIpc) is 3.85. The van der Waals surface area contributed by atoms with Gasteiger partial charge in [-0.3, -0.25) is 4.79 Å². The van der Waals surface area contributed by atoms with Crippen LogP contribution in [0, 0.1) is 53.3 Å². The first kappa shape index (κ1) is 51.0. The first-order valence-corrected chi connectivity index (χ1v) is 28.7. The highest BCUT2D eigenvalue weighted by Gasteiger charge is 2.50. The summed E-state index contributed by atoms with van der Waals surface area (Å²) in [5.74, 6) is 8.59. The second-order valence-electron chi connectivity index (χ2n) is 24.2. The number of hydrogen-bond acceptors (Lipinski definition) is 10. The maximum Gasteiger partial charge on any atom is 0.189 e. The first-order valence-electron chi connectivity index (χ1n) is 28.7. The summed E-state index contributed by atoms with van der Waals surface area (Å²) in [7, 11) is 1.79. The molecule has 8 bridgehead atoms. The van der Waals surface area contributed by atoms with Gasteiger partial charge in [-0.15, -0.1) is 0 Å². The summed E-state index contributed by atoms with van der Waals surface area (Å²) in [6.45, 7) is 4.75. The third-order valence-corrected chi connectivity index (χ3v) is 19.6. The van der Waals surface area contributed by atoms with E-state index in [4.69, 9.17) is 20.2 Å². The van der Waals surface area contributed by atoms with E-state index < -0.39 is 0 Å². The average molecular weight is 1000 g/mol. The molecule has 3 aromatic carbocycles. The molecule has 11 atom stereocenters. The van der Waals surface area contributed by atoms with Crippen molar-refractivity contribution in [1.29, 1.82) is 0 Å². The molecule has 1 heterocycles. The van der Waals surface area contributed by atoms with Crippen LogP contribution in [-0.2, 0) is 21.5 Å². The molecular weight excluding hydrogens is 923 g/mol. The zero-order valence-electron chi connectivity index (χ0n) is 44.2.